The molecule has 0 saturated carbocycles. The van der Waals surface area contributed by atoms with Crippen LogP contribution in [-0.4, -0.2) is 14.3 Å². The molecule has 0 aliphatic rings. The minimum absolute atomic E-state index is 0. The summed E-state index contributed by atoms with van der Waals surface area (Å²) in [7, 11) is 0. The van der Waals surface area contributed by atoms with Gasteiger partial charge in [-0.25, -0.2) is 0 Å². The molecule has 2 heteroatoms. The largest absolute Gasteiger partial charge is 0.147 e. The van der Waals surface area contributed by atoms with Gasteiger partial charge >= 0.3 is 109 Å². The van der Waals surface area contributed by atoms with Crippen LogP contribution in [0.5, 0.6) is 0 Å². The first-order valence-corrected chi connectivity index (χ1v) is 12.1. The van der Waals surface area contributed by atoms with Crippen molar-refractivity contribution in [2.24, 2.45) is 0 Å². The molecule has 0 fully saturated rings. The van der Waals surface area contributed by atoms with Crippen LogP contribution < -0.4 is 0 Å². The second kappa shape index (κ2) is 16.8. The molecule has 0 rings (SSSR count). The first kappa shape index (κ1) is 20.2. The molecule has 0 amide bonds. The summed E-state index contributed by atoms with van der Waals surface area (Å²) in [5, 5.41) is 5.00. The van der Waals surface area contributed by atoms with Crippen molar-refractivity contribution >= 4 is 26.8 Å². The molecule has 0 atom stereocenters. The van der Waals surface area contributed by atoms with Crippen molar-refractivity contribution in [1.29, 1.82) is 0 Å². The van der Waals surface area contributed by atoms with Crippen molar-refractivity contribution in [3.63, 3.8) is 0 Å². The van der Waals surface area contributed by atoms with Gasteiger partial charge in [-0.15, -0.1) is 12.4 Å². The number of hydrogen-bond donors (Lipinski definition) is 0. The van der Waals surface area contributed by atoms with Gasteiger partial charge in [-0.1, -0.05) is 0 Å². The third-order valence-electron chi connectivity index (χ3n) is 3.40. The minimum atomic E-state index is -0.603. The molecule has 0 bridgehead atoms. The second-order valence-electron chi connectivity index (χ2n) is 5.12. The summed E-state index contributed by atoms with van der Waals surface area (Å²) >= 11 is -0.603. The van der Waals surface area contributed by atoms with Crippen LogP contribution >= 0.6 is 12.4 Å². The van der Waals surface area contributed by atoms with Gasteiger partial charge in [0.1, 0.15) is 0 Å². The molecule has 0 aliphatic carbocycles. The van der Waals surface area contributed by atoms with E-state index in [4.69, 9.17) is 0 Å². The van der Waals surface area contributed by atoms with E-state index in [-0.39, 0.29) is 12.4 Å². The first-order chi connectivity index (χ1) is 7.85. The zero-order chi connectivity index (χ0) is 12.1. The molecular formula is C15H34ClGe. The van der Waals surface area contributed by atoms with Crippen LogP contribution in [0.25, 0.3) is 0 Å². The Bertz CT molecular complexity index is 104. The van der Waals surface area contributed by atoms with Crippen LogP contribution in [-0.2, 0) is 0 Å². The quantitative estimate of drug-likeness (QED) is 0.285. The average Bonchev–Trinajstić information content (AvgIpc) is 2.29. The summed E-state index contributed by atoms with van der Waals surface area (Å²) in [6.45, 7) is 6.98. The summed E-state index contributed by atoms with van der Waals surface area (Å²) in [5.41, 5.74) is 0. The Labute approximate surface area is 121 Å². The van der Waals surface area contributed by atoms with Crippen LogP contribution in [0.15, 0.2) is 0 Å². The van der Waals surface area contributed by atoms with Crippen molar-refractivity contribution in [1.82, 2.24) is 0 Å². The fraction of sp³-hybridized carbons (Fsp3) is 1.00. The Morgan fingerprint density at radius 1 is 0.529 bits per heavy atom. The molecule has 0 aromatic heterocycles. The van der Waals surface area contributed by atoms with E-state index in [1.165, 1.54) is 38.5 Å². The minimum Gasteiger partial charge on any atom is -0.147 e. The van der Waals surface area contributed by atoms with Crippen LogP contribution in [0.4, 0.5) is 0 Å². The Morgan fingerprint density at radius 3 is 1.06 bits per heavy atom. The van der Waals surface area contributed by atoms with Gasteiger partial charge in [-0.05, 0) is 0 Å². The summed E-state index contributed by atoms with van der Waals surface area (Å²) in [4.78, 5) is 0. The Balaban J connectivity index is 0. The predicted molar refractivity (Wildman–Crippen MR) is 86.0 cm³/mol. The van der Waals surface area contributed by atoms with Gasteiger partial charge in [0.05, 0.1) is 0 Å². The summed E-state index contributed by atoms with van der Waals surface area (Å²) in [6, 6.07) is 0. The average molecular weight is 322 g/mol. The van der Waals surface area contributed by atoms with E-state index in [2.05, 4.69) is 20.8 Å². The van der Waals surface area contributed by atoms with Crippen molar-refractivity contribution in [3.05, 3.63) is 0 Å². The van der Waals surface area contributed by atoms with E-state index in [0.29, 0.717) is 0 Å². The molecular weight excluding hydrogens is 288 g/mol. The molecule has 0 aromatic rings. The predicted octanol–water partition coefficient (Wildman–Crippen LogP) is 6.47. The SMILES string of the molecule is CCCC[CH2][Ge]([CH2]CCCC)[CH2]CCCC.Cl. The molecule has 0 unspecified atom stereocenters. The van der Waals surface area contributed by atoms with E-state index >= 15 is 0 Å². The first-order valence-electron chi connectivity index (χ1n) is 7.68. The smallest absolute Gasteiger partial charge is 0.147 e. The monoisotopic (exact) mass is 323 g/mol. The van der Waals surface area contributed by atoms with Crippen molar-refractivity contribution in [3.8, 4) is 0 Å². The van der Waals surface area contributed by atoms with Crippen LogP contribution in [0.3, 0.4) is 0 Å². The zero-order valence-corrected chi connectivity index (χ0v) is 15.3. The molecule has 0 spiro atoms. The van der Waals surface area contributed by atoms with Gasteiger partial charge < -0.3 is 0 Å². The normalized spacial score (nSPS) is 10.6. The van der Waals surface area contributed by atoms with Gasteiger partial charge in [0.2, 0.25) is 0 Å². The Morgan fingerprint density at radius 2 is 0.824 bits per heavy atom. The maximum absolute atomic E-state index is 2.33. The molecule has 105 valence electrons. The van der Waals surface area contributed by atoms with Crippen molar-refractivity contribution in [2.45, 2.75) is 94.3 Å². The van der Waals surface area contributed by atoms with E-state index in [1.807, 2.05) is 0 Å². The third-order valence-corrected chi connectivity index (χ3v) is 10.1. The summed E-state index contributed by atoms with van der Waals surface area (Å²) in [5.74, 6) is 0. The Hall–Kier alpha value is 0.833. The molecule has 1 radical (unpaired) electrons. The van der Waals surface area contributed by atoms with E-state index < -0.39 is 14.3 Å². The number of halogens is 1. The van der Waals surface area contributed by atoms with Crippen LogP contribution in [0, 0.1) is 0 Å². The van der Waals surface area contributed by atoms with Crippen LogP contribution in [0.2, 0.25) is 15.8 Å². The van der Waals surface area contributed by atoms with Gasteiger partial charge in [-0.3, -0.25) is 0 Å². The number of unbranched alkanes of at least 4 members (excludes halogenated alkanes) is 6. The molecule has 0 aromatic carbocycles. The van der Waals surface area contributed by atoms with Gasteiger partial charge in [-0.2, -0.15) is 0 Å². The fourth-order valence-electron chi connectivity index (χ4n) is 2.25. The molecule has 0 saturated heterocycles. The zero-order valence-electron chi connectivity index (χ0n) is 12.4. The Kier molecular flexibility index (Phi) is 20.0. The standard InChI is InChI=1S/C15H33Ge.ClH/c1-4-7-10-13-16(14-11-8-5-2)15-12-9-6-3;/h4-15H2,1-3H3;1H. The maximum atomic E-state index is 2.33. The van der Waals surface area contributed by atoms with Crippen molar-refractivity contribution < 1.29 is 0 Å². The topological polar surface area (TPSA) is 0 Å². The number of hydrogen-bond acceptors (Lipinski definition) is 0. The molecule has 0 heterocycles. The summed E-state index contributed by atoms with van der Waals surface area (Å²) in [6.07, 6.45) is 13.3. The second-order valence-corrected chi connectivity index (χ2v) is 11.4. The summed E-state index contributed by atoms with van der Waals surface area (Å²) < 4.78 is 0. The van der Waals surface area contributed by atoms with Gasteiger partial charge in [0.15, 0.2) is 0 Å². The fourth-order valence-corrected chi connectivity index (χ4v) is 8.54. The molecule has 0 nitrogen and oxygen atoms in total. The molecule has 0 N–H and O–H groups in total. The number of rotatable bonds is 12. The van der Waals surface area contributed by atoms with Gasteiger partial charge in [0, 0.05) is 0 Å². The van der Waals surface area contributed by atoms with E-state index in [1.54, 1.807) is 35.0 Å². The third kappa shape index (κ3) is 14.8. The molecule has 17 heavy (non-hydrogen) atoms. The maximum Gasteiger partial charge on any atom is -0.147 e. The molecule has 0 aliphatic heterocycles. The van der Waals surface area contributed by atoms with Crippen LogP contribution in [0.1, 0.15) is 78.6 Å². The van der Waals surface area contributed by atoms with E-state index in [9.17, 15) is 0 Å². The van der Waals surface area contributed by atoms with E-state index in [0.717, 1.165) is 0 Å². The van der Waals surface area contributed by atoms with Crippen molar-refractivity contribution in [2.75, 3.05) is 0 Å². The van der Waals surface area contributed by atoms with Gasteiger partial charge in [0.25, 0.3) is 0 Å².